The molecule has 0 N–H and O–H groups in total. The van der Waals surface area contributed by atoms with Crippen molar-refractivity contribution >= 4 is 6.09 Å². The molecule has 0 saturated carbocycles. The van der Waals surface area contributed by atoms with E-state index < -0.39 is 5.60 Å². The number of piperidine rings is 1. The predicted octanol–water partition coefficient (Wildman–Crippen LogP) is 5.68. The molecule has 36 heavy (non-hydrogen) atoms. The summed E-state index contributed by atoms with van der Waals surface area (Å²) in [5.74, 6) is 2.35. The van der Waals surface area contributed by atoms with E-state index in [1.165, 1.54) is 0 Å². The molecule has 2 aromatic carbocycles. The molecule has 8 heteroatoms. The van der Waals surface area contributed by atoms with Crippen molar-refractivity contribution in [1.82, 2.24) is 14.7 Å². The minimum absolute atomic E-state index is 0.238. The van der Waals surface area contributed by atoms with Crippen molar-refractivity contribution in [3.63, 3.8) is 0 Å². The van der Waals surface area contributed by atoms with Gasteiger partial charge in [0.05, 0.1) is 38.4 Å². The topological polar surface area (TPSA) is 75.1 Å². The van der Waals surface area contributed by atoms with E-state index in [4.69, 9.17) is 24.0 Å². The molecular formula is C28H35N3O5. The normalized spacial score (nSPS) is 14.4. The minimum atomic E-state index is -0.501. The number of methoxy groups -OCH3 is 3. The van der Waals surface area contributed by atoms with Gasteiger partial charge < -0.3 is 23.8 Å². The van der Waals surface area contributed by atoms with E-state index >= 15 is 0 Å². The Hall–Kier alpha value is -3.68. The largest absolute Gasteiger partial charge is 0.497 e. The van der Waals surface area contributed by atoms with Crippen LogP contribution in [0.2, 0.25) is 0 Å². The number of nitrogens with zero attached hydrogens (tertiary/aromatic N) is 3. The van der Waals surface area contributed by atoms with Crippen molar-refractivity contribution in [1.29, 1.82) is 0 Å². The second-order valence-corrected chi connectivity index (χ2v) is 9.88. The maximum absolute atomic E-state index is 12.5. The van der Waals surface area contributed by atoms with Gasteiger partial charge in [-0.2, -0.15) is 5.10 Å². The maximum Gasteiger partial charge on any atom is 0.410 e. The standard InChI is InChI=1S/C28H35N3O5/c1-28(2,3)36-27(32)30-15-13-19(14-16-30)23-18-24(20-7-12-25(34-5)26(17-20)35-6)31(29-23)21-8-10-22(33-4)11-9-21/h7-12,17-19H,13-16H2,1-6H3. The number of ether oxygens (including phenoxy) is 4. The summed E-state index contributed by atoms with van der Waals surface area (Å²) in [7, 11) is 4.91. The van der Waals surface area contributed by atoms with Gasteiger partial charge in [-0.25, -0.2) is 9.48 Å². The Bertz CT molecular complexity index is 1190. The summed E-state index contributed by atoms with van der Waals surface area (Å²) in [6, 6.07) is 15.8. The van der Waals surface area contributed by atoms with E-state index in [9.17, 15) is 4.79 Å². The lowest BCUT2D eigenvalue weighted by Gasteiger charge is -2.32. The Morgan fingerprint density at radius 1 is 0.889 bits per heavy atom. The summed E-state index contributed by atoms with van der Waals surface area (Å²) in [6.07, 6.45) is 1.39. The molecule has 0 radical (unpaired) electrons. The summed E-state index contributed by atoms with van der Waals surface area (Å²) >= 11 is 0. The van der Waals surface area contributed by atoms with Gasteiger partial charge in [-0.05, 0) is 82.1 Å². The van der Waals surface area contributed by atoms with Gasteiger partial charge in [-0.15, -0.1) is 0 Å². The Morgan fingerprint density at radius 3 is 2.14 bits per heavy atom. The molecular weight excluding hydrogens is 458 g/mol. The molecule has 0 aliphatic carbocycles. The van der Waals surface area contributed by atoms with Gasteiger partial charge in [0.2, 0.25) is 0 Å². The van der Waals surface area contributed by atoms with Crippen LogP contribution < -0.4 is 14.2 Å². The molecule has 1 amide bonds. The van der Waals surface area contributed by atoms with Crippen LogP contribution >= 0.6 is 0 Å². The molecule has 1 aromatic heterocycles. The van der Waals surface area contributed by atoms with Crippen LogP contribution in [0.1, 0.15) is 45.2 Å². The van der Waals surface area contributed by atoms with Gasteiger partial charge in [-0.3, -0.25) is 0 Å². The summed E-state index contributed by atoms with van der Waals surface area (Å²) in [5, 5.41) is 5.03. The number of likely N-dealkylation sites (tertiary alicyclic amines) is 1. The molecule has 8 nitrogen and oxygen atoms in total. The van der Waals surface area contributed by atoms with Crippen LogP contribution in [0.4, 0.5) is 4.79 Å². The molecule has 3 aromatic rings. The van der Waals surface area contributed by atoms with Crippen LogP contribution in [0, 0.1) is 0 Å². The fourth-order valence-electron chi connectivity index (χ4n) is 4.40. The predicted molar refractivity (Wildman–Crippen MR) is 138 cm³/mol. The van der Waals surface area contributed by atoms with Crippen molar-refractivity contribution in [3.8, 4) is 34.2 Å². The number of aromatic nitrogens is 2. The fourth-order valence-corrected chi connectivity index (χ4v) is 4.40. The van der Waals surface area contributed by atoms with Crippen molar-refractivity contribution < 1.29 is 23.7 Å². The molecule has 192 valence electrons. The van der Waals surface area contributed by atoms with Crippen LogP contribution in [0.3, 0.4) is 0 Å². The molecule has 1 saturated heterocycles. The van der Waals surface area contributed by atoms with Crippen LogP contribution in [0.5, 0.6) is 17.2 Å². The summed E-state index contributed by atoms with van der Waals surface area (Å²) < 4.78 is 23.8. The van der Waals surface area contributed by atoms with Gasteiger partial charge in [-0.1, -0.05) is 0 Å². The monoisotopic (exact) mass is 493 g/mol. The third-order valence-corrected chi connectivity index (χ3v) is 6.29. The highest BCUT2D eigenvalue weighted by Gasteiger charge is 2.29. The highest BCUT2D eigenvalue weighted by molar-refractivity contribution is 5.69. The third kappa shape index (κ3) is 5.58. The second kappa shape index (κ2) is 10.5. The van der Waals surface area contributed by atoms with E-state index in [-0.39, 0.29) is 12.0 Å². The number of carbonyl (C=O) groups is 1. The first-order chi connectivity index (χ1) is 17.2. The maximum atomic E-state index is 12.5. The first kappa shape index (κ1) is 25.4. The molecule has 2 heterocycles. The van der Waals surface area contributed by atoms with Crippen molar-refractivity contribution in [2.75, 3.05) is 34.4 Å². The quantitative estimate of drug-likeness (QED) is 0.440. The van der Waals surface area contributed by atoms with Crippen LogP contribution in [0.15, 0.2) is 48.5 Å². The molecule has 1 fully saturated rings. The summed E-state index contributed by atoms with van der Waals surface area (Å²) in [4.78, 5) is 14.3. The van der Waals surface area contributed by atoms with E-state index in [0.717, 1.165) is 41.2 Å². The molecule has 0 spiro atoms. The number of amides is 1. The lowest BCUT2D eigenvalue weighted by atomic mass is 9.93. The minimum Gasteiger partial charge on any atom is -0.497 e. The van der Waals surface area contributed by atoms with Crippen molar-refractivity contribution in [2.24, 2.45) is 0 Å². The summed E-state index contributed by atoms with van der Waals surface area (Å²) in [6.45, 7) is 6.94. The number of benzene rings is 2. The SMILES string of the molecule is COc1ccc(-n2nc(C3CCN(C(=O)OC(C)(C)C)CC3)cc2-c2ccc(OC)c(OC)c2)cc1. The van der Waals surface area contributed by atoms with Crippen LogP contribution in [-0.2, 0) is 4.74 Å². The number of carbonyl (C=O) groups excluding carboxylic acids is 1. The average Bonchev–Trinajstić information content (AvgIpc) is 3.33. The smallest absolute Gasteiger partial charge is 0.410 e. The Kier molecular flexibility index (Phi) is 7.43. The van der Waals surface area contributed by atoms with Crippen molar-refractivity contribution in [3.05, 3.63) is 54.2 Å². The molecule has 1 aliphatic heterocycles. The first-order valence-electron chi connectivity index (χ1n) is 12.2. The Morgan fingerprint density at radius 2 is 1.56 bits per heavy atom. The third-order valence-electron chi connectivity index (χ3n) is 6.29. The van der Waals surface area contributed by atoms with E-state index in [1.807, 2.05) is 67.9 Å². The molecule has 0 atom stereocenters. The van der Waals surface area contributed by atoms with Crippen LogP contribution in [0.25, 0.3) is 16.9 Å². The van der Waals surface area contributed by atoms with E-state index in [1.54, 1.807) is 26.2 Å². The van der Waals surface area contributed by atoms with Gasteiger partial charge in [0.15, 0.2) is 11.5 Å². The zero-order chi connectivity index (χ0) is 25.9. The van der Waals surface area contributed by atoms with Gasteiger partial charge in [0.25, 0.3) is 0 Å². The van der Waals surface area contributed by atoms with Gasteiger partial charge >= 0.3 is 6.09 Å². The zero-order valence-corrected chi connectivity index (χ0v) is 21.9. The molecule has 0 bridgehead atoms. The highest BCUT2D eigenvalue weighted by Crippen LogP contribution is 2.36. The van der Waals surface area contributed by atoms with E-state index in [2.05, 4.69) is 6.07 Å². The van der Waals surface area contributed by atoms with Gasteiger partial charge in [0.1, 0.15) is 11.4 Å². The number of rotatable bonds is 6. The lowest BCUT2D eigenvalue weighted by Crippen LogP contribution is -2.41. The summed E-state index contributed by atoms with van der Waals surface area (Å²) in [5.41, 5.74) is 3.34. The Balaban J connectivity index is 1.64. The van der Waals surface area contributed by atoms with Gasteiger partial charge in [0, 0.05) is 24.6 Å². The van der Waals surface area contributed by atoms with E-state index in [0.29, 0.717) is 24.6 Å². The molecule has 0 unspecified atom stereocenters. The molecule has 1 aliphatic rings. The first-order valence-corrected chi connectivity index (χ1v) is 12.2. The molecule has 4 rings (SSSR count). The average molecular weight is 494 g/mol. The number of hydrogen-bond acceptors (Lipinski definition) is 6. The van der Waals surface area contributed by atoms with Crippen LogP contribution in [-0.4, -0.2) is 60.8 Å². The zero-order valence-electron chi connectivity index (χ0n) is 21.9. The number of hydrogen-bond donors (Lipinski definition) is 0. The Labute approximate surface area is 212 Å². The highest BCUT2D eigenvalue weighted by atomic mass is 16.6. The van der Waals surface area contributed by atoms with Crippen molar-refractivity contribution in [2.45, 2.75) is 45.1 Å². The second-order valence-electron chi connectivity index (χ2n) is 9.88. The lowest BCUT2D eigenvalue weighted by molar-refractivity contribution is 0.0204. The fraction of sp³-hybridized carbons (Fsp3) is 0.429.